The van der Waals surface area contributed by atoms with E-state index in [9.17, 15) is 19.8 Å². The van der Waals surface area contributed by atoms with Gasteiger partial charge in [-0.05, 0) is 29.8 Å². The van der Waals surface area contributed by atoms with Crippen molar-refractivity contribution in [3.8, 4) is 11.5 Å². The van der Waals surface area contributed by atoms with E-state index in [0.29, 0.717) is 17.0 Å². The van der Waals surface area contributed by atoms with Crippen LogP contribution in [0.25, 0.3) is 0 Å². The molecule has 0 aliphatic carbocycles. The number of benzene rings is 2. The van der Waals surface area contributed by atoms with Gasteiger partial charge in [0.15, 0.2) is 11.5 Å². The number of Topliss-reactive ketones (excluding diaryl/α,β-unsaturated/α-hetero) is 1. The van der Waals surface area contributed by atoms with Crippen LogP contribution in [0.15, 0.2) is 59.9 Å². The van der Waals surface area contributed by atoms with Crippen LogP contribution >= 0.6 is 0 Å². The van der Waals surface area contributed by atoms with Gasteiger partial charge in [-0.15, -0.1) is 0 Å². The molecule has 3 rings (SSSR count). The van der Waals surface area contributed by atoms with Gasteiger partial charge >= 0.3 is 0 Å². The van der Waals surface area contributed by atoms with Gasteiger partial charge < -0.3 is 14.9 Å². The second-order valence-electron chi connectivity index (χ2n) is 5.88. The lowest BCUT2D eigenvalue weighted by Crippen LogP contribution is -2.31. The maximum atomic E-state index is 12.8. The van der Waals surface area contributed by atoms with Crippen molar-refractivity contribution < 1.29 is 24.5 Å². The average Bonchev–Trinajstić information content (AvgIpc) is 2.93. The van der Waals surface area contributed by atoms with E-state index in [0.717, 1.165) is 0 Å². The average molecular weight is 353 g/mol. The summed E-state index contributed by atoms with van der Waals surface area (Å²) in [5, 5.41) is 20.0. The largest absolute Gasteiger partial charge is 0.508 e. The number of hydrogen-bond donors (Lipinski definition) is 2. The molecule has 2 N–H and O–H groups in total. The van der Waals surface area contributed by atoms with E-state index in [1.54, 1.807) is 43.3 Å². The van der Waals surface area contributed by atoms with Gasteiger partial charge in [0.1, 0.15) is 11.5 Å². The number of ether oxygens (including phenoxy) is 1. The molecule has 6 nitrogen and oxygen atoms in total. The summed E-state index contributed by atoms with van der Waals surface area (Å²) >= 11 is 0. The first-order valence-corrected chi connectivity index (χ1v) is 8.21. The first-order valence-electron chi connectivity index (χ1n) is 8.21. The number of carbonyl (C=O) groups is 2. The van der Waals surface area contributed by atoms with Crippen LogP contribution in [0.3, 0.4) is 0 Å². The summed E-state index contributed by atoms with van der Waals surface area (Å²) in [6.07, 6.45) is 0.154. The quantitative estimate of drug-likeness (QED) is 0.861. The molecule has 1 atom stereocenters. The fourth-order valence-electron chi connectivity index (χ4n) is 3.13. The number of para-hydroxylation sites is 2. The standard InChI is InChI=1S/C20H19NO5/c1-3-15(23)17-18(12-8-10-13(22)11-9-12)21(20(25)19(17)24)14-6-4-5-7-16(14)26-2/h4-11,18,22,24H,3H2,1-2H3. The predicted molar refractivity (Wildman–Crippen MR) is 96.3 cm³/mol. The van der Waals surface area contributed by atoms with E-state index in [4.69, 9.17) is 4.74 Å². The Hall–Kier alpha value is -3.28. The van der Waals surface area contributed by atoms with Crippen LogP contribution < -0.4 is 9.64 Å². The molecule has 1 amide bonds. The van der Waals surface area contributed by atoms with Crippen molar-refractivity contribution >= 4 is 17.4 Å². The summed E-state index contributed by atoms with van der Waals surface area (Å²) in [6.45, 7) is 1.67. The topological polar surface area (TPSA) is 87.1 Å². The predicted octanol–water partition coefficient (Wildman–Crippen LogP) is 3.28. The molecule has 2 aromatic carbocycles. The highest BCUT2D eigenvalue weighted by Crippen LogP contribution is 2.44. The summed E-state index contributed by atoms with van der Waals surface area (Å²) in [6, 6.07) is 12.3. The van der Waals surface area contributed by atoms with E-state index in [2.05, 4.69) is 0 Å². The van der Waals surface area contributed by atoms with Crippen LogP contribution in [0.5, 0.6) is 11.5 Å². The van der Waals surface area contributed by atoms with Crippen LogP contribution in [0.2, 0.25) is 0 Å². The number of hydrogen-bond acceptors (Lipinski definition) is 5. The number of nitrogens with zero attached hydrogens (tertiary/aromatic N) is 1. The Morgan fingerprint density at radius 3 is 2.38 bits per heavy atom. The molecule has 0 fully saturated rings. The number of aliphatic hydroxyl groups is 1. The number of amides is 1. The first kappa shape index (κ1) is 17.5. The number of phenols is 1. The molecular formula is C20H19NO5. The summed E-state index contributed by atoms with van der Waals surface area (Å²) < 4.78 is 5.35. The SMILES string of the molecule is CCC(=O)C1=C(O)C(=O)N(c2ccccc2OC)C1c1ccc(O)cc1. The number of ketones is 1. The van der Waals surface area contributed by atoms with Crippen molar-refractivity contribution in [3.63, 3.8) is 0 Å². The van der Waals surface area contributed by atoms with Crippen molar-refractivity contribution in [1.29, 1.82) is 0 Å². The van der Waals surface area contributed by atoms with E-state index in [-0.39, 0.29) is 23.5 Å². The monoisotopic (exact) mass is 353 g/mol. The third-order valence-electron chi connectivity index (χ3n) is 4.38. The number of aliphatic hydroxyl groups excluding tert-OH is 1. The van der Waals surface area contributed by atoms with E-state index < -0.39 is 17.7 Å². The highest BCUT2D eigenvalue weighted by Gasteiger charge is 2.44. The smallest absolute Gasteiger partial charge is 0.294 e. The zero-order chi connectivity index (χ0) is 18.8. The van der Waals surface area contributed by atoms with Gasteiger partial charge in [-0.3, -0.25) is 14.5 Å². The number of rotatable bonds is 5. The Labute approximate surface area is 150 Å². The molecule has 134 valence electrons. The Morgan fingerprint density at radius 2 is 1.77 bits per heavy atom. The van der Waals surface area contributed by atoms with Gasteiger partial charge in [0, 0.05) is 6.42 Å². The highest BCUT2D eigenvalue weighted by atomic mass is 16.5. The molecular weight excluding hydrogens is 334 g/mol. The molecule has 1 aliphatic heterocycles. The Bertz CT molecular complexity index is 885. The lowest BCUT2D eigenvalue weighted by Gasteiger charge is -2.28. The van der Waals surface area contributed by atoms with Crippen LogP contribution in [0, 0.1) is 0 Å². The van der Waals surface area contributed by atoms with Crippen molar-refractivity contribution in [1.82, 2.24) is 0 Å². The molecule has 26 heavy (non-hydrogen) atoms. The summed E-state index contributed by atoms with van der Waals surface area (Å²) in [5.74, 6) is -1.02. The number of phenolic OH excluding ortho intramolecular Hbond substituents is 1. The molecule has 1 aliphatic rings. The van der Waals surface area contributed by atoms with Gasteiger partial charge in [-0.25, -0.2) is 0 Å². The Kier molecular flexibility index (Phi) is 4.67. The molecule has 1 unspecified atom stereocenters. The lowest BCUT2D eigenvalue weighted by atomic mass is 9.94. The minimum Gasteiger partial charge on any atom is -0.508 e. The first-order chi connectivity index (χ1) is 12.5. The maximum Gasteiger partial charge on any atom is 0.294 e. The number of carbonyl (C=O) groups excluding carboxylic acids is 2. The molecule has 0 spiro atoms. The Balaban J connectivity index is 2.21. The second kappa shape index (κ2) is 6.92. The molecule has 1 heterocycles. The molecule has 2 aromatic rings. The van der Waals surface area contributed by atoms with E-state index in [1.165, 1.54) is 24.1 Å². The number of aromatic hydroxyl groups is 1. The summed E-state index contributed by atoms with van der Waals surface area (Å²) in [4.78, 5) is 26.6. The van der Waals surface area contributed by atoms with Gasteiger partial charge in [-0.2, -0.15) is 0 Å². The summed E-state index contributed by atoms with van der Waals surface area (Å²) in [7, 11) is 1.49. The molecule has 0 saturated carbocycles. The normalized spacial score (nSPS) is 16.9. The second-order valence-corrected chi connectivity index (χ2v) is 5.88. The number of anilines is 1. The van der Waals surface area contributed by atoms with Gasteiger partial charge in [0.05, 0.1) is 24.4 Å². The zero-order valence-corrected chi connectivity index (χ0v) is 14.5. The van der Waals surface area contributed by atoms with Crippen LogP contribution in [-0.4, -0.2) is 29.0 Å². The van der Waals surface area contributed by atoms with E-state index in [1.807, 2.05) is 0 Å². The number of methoxy groups -OCH3 is 1. The molecule has 0 saturated heterocycles. The van der Waals surface area contributed by atoms with Crippen molar-refractivity contribution in [2.24, 2.45) is 0 Å². The van der Waals surface area contributed by atoms with Crippen molar-refractivity contribution in [2.75, 3.05) is 12.0 Å². The Morgan fingerprint density at radius 1 is 1.12 bits per heavy atom. The van der Waals surface area contributed by atoms with Gasteiger partial charge in [0.25, 0.3) is 5.91 Å². The van der Waals surface area contributed by atoms with Gasteiger partial charge in [0.2, 0.25) is 0 Å². The molecule has 0 aromatic heterocycles. The van der Waals surface area contributed by atoms with Crippen molar-refractivity contribution in [3.05, 3.63) is 65.4 Å². The maximum absolute atomic E-state index is 12.8. The zero-order valence-electron chi connectivity index (χ0n) is 14.5. The molecule has 0 bridgehead atoms. The highest BCUT2D eigenvalue weighted by molar-refractivity contribution is 6.16. The van der Waals surface area contributed by atoms with Crippen molar-refractivity contribution in [2.45, 2.75) is 19.4 Å². The summed E-state index contributed by atoms with van der Waals surface area (Å²) in [5.41, 5.74) is 1.10. The molecule has 0 radical (unpaired) electrons. The van der Waals surface area contributed by atoms with Gasteiger partial charge in [-0.1, -0.05) is 31.2 Å². The minimum absolute atomic E-state index is 0.0501. The van der Waals surface area contributed by atoms with Crippen LogP contribution in [-0.2, 0) is 9.59 Å². The lowest BCUT2D eigenvalue weighted by molar-refractivity contribution is -0.118. The minimum atomic E-state index is -0.799. The fourth-order valence-corrected chi connectivity index (χ4v) is 3.13. The third kappa shape index (κ3) is 2.79. The van der Waals surface area contributed by atoms with E-state index >= 15 is 0 Å². The third-order valence-corrected chi connectivity index (χ3v) is 4.38. The fraction of sp³-hybridized carbons (Fsp3) is 0.200. The van der Waals surface area contributed by atoms with Crippen LogP contribution in [0.1, 0.15) is 24.9 Å². The molecule has 6 heteroatoms. The van der Waals surface area contributed by atoms with Crippen LogP contribution in [0.4, 0.5) is 5.69 Å².